The lowest BCUT2D eigenvalue weighted by Gasteiger charge is -2.22. The summed E-state index contributed by atoms with van der Waals surface area (Å²) in [7, 11) is 4.01. The fraction of sp³-hybridized carbons (Fsp3) is 0.333. The Balaban J connectivity index is 1.95. The Labute approximate surface area is 126 Å². The summed E-state index contributed by atoms with van der Waals surface area (Å²) in [6, 6.07) is 8.70. The molecule has 0 bridgehead atoms. The number of hydrogen-bond donors (Lipinski definition) is 1. The quantitative estimate of drug-likeness (QED) is 0.871. The molecule has 20 heavy (non-hydrogen) atoms. The van der Waals surface area contributed by atoms with E-state index in [0.717, 1.165) is 22.3 Å². The topological polar surface area (TPSA) is 28.4 Å². The highest BCUT2D eigenvalue weighted by Gasteiger charge is 2.16. The maximum absolute atomic E-state index is 13.2. The Morgan fingerprint density at radius 1 is 1.35 bits per heavy atom. The van der Waals surface area contributed by atoms with Crippen LogP contribution in [0, 0.1) is 5.82 Å². The monoisotopic (exact) mass is 340 g/mol. The van der Waals surface area contributed by atoms with Gasteiger partial charge in [-0.25, -0.2) is 4.39 Å². The molecule has 0 saturated heterocycles. The highest BCUT2D eigenvalue weighted by molar-refractivity contribution is 9.10. The Kier molecular flexibility index (Phi) is 5.34. The van der Waals surface area contributed by atoms with Crippen LogP contribution in [0.2, 0.25) is 0 Å². The van der Waals surface area contributed by atoms with Gasteiger partial charge in [-0.1, -0.05) is 15.9 Å². The normalized spacial score (nSPS) is 12.8. The van der Waals surface area contributed by atoms with E-state index in [2.05, 4.69) is 26.1 Å². The lowest BCUT2D eigenvalue weighted by atomic mass is 10.2. The first-order valence-electron chi connectivity index (χ1n) is 6.42. The number of rotatable bonds is 6. The zero-order chi connectivity index (χ0) is 14.5. The predicted octanol–water partition coefficient (Wildman–Crippen LogP) is 3.57. The van der Waals surface area contributed by atoms with Crippen molar-refractivity contribution >= 4 is 15.9 Å². The van der Waals surface area contributed by atoms with Gasteiger partial charge in [0.1, 0.15) is 11.6 Å². The summed E-state index contributed by atoms with van der Waals surface area (Å²) in [5, 5.41) is 3.34. The molecule has 0 spiro atoms. The molecule has 2 aromatic rings. The van der Waals surface area contributed by atoms with Crippen LogP contribution in [0.5, 0.6) is 0 Å². The predicted molar refractivity (Wildman–Crippen MR) is 80.9 cm³/mol. The summed E-state index contributed by atoms with van der Waals surface area (Å²) in [5.41, 5.74) is 0.905. The first-order valence-corrected chi connectivity index (χ1v) is 7.21. The minimum absolute atomic E-state index is 0.150. The lowest BCUT2D eigenvalue weighted by Crippen LogP contribution is -2.30. The van der Waals surface area contributed by atoms with E-state index in [0.29, 0.717) is 6.54 Å². The van der Waals surface area contributed by atoms with E-state index in [1.54, 1.807) is 12.3 Å². The van der Waals surface area contributed by atoms with Gasteiger partial charge in [0.2, 0.25) is 0 Å². The van der Waals surface area contributed by atoms with Gasteiger partial charge in [0, 0.05) is 17.6 Å². The number of nitrogens with one attached hydrogen (secondary N) is 1. The van der Waals surface area contributed by atoms with Crippen molar-refractivity contribution in [2.24, 2.45) is 0 Å². The van der Waals surface area contributed by atoms with Crippen molar-refractivity contribution < 1.29 is 8.81 Å². The van der Waals surface area contributed by atoms with Crippen molar-refractivity contribution in [1.82, 2.24) is 10.2 Å². The molecule has 0 fully saturated rings. The van der Waals surface area contributed by atoms with Gasteiger partial charge in [-0.15, -0.1) is 0 Å². The fourth-order valence-electron chi connectivity index (χ4n) is 2.04. The van der Waals surface area contributed by atoms with Gasteiger partial charge < -0.3 is 9.73 Å². The largest absolute Gasteiger partial charge is 0.468 e. The van der Waals surface area contributed by atoms with Gasteiger partial charge in [0.15, 0.2) is 0 Å². The average molecular weight is 341 g/mol. The molecule has 1 atom stereocenters. The molecule has 3 nitrogen and oxygen atoms in total. The van der Waals surface area contributed by atoms with Crippen LogP contribution in [0.3, 0.4) is 0 Å². The van der Waals surface area contributed by atoms with Gasteiger partial charge in [-0.2, -0.15) is 0 Å². The summed E-state index contributed by atoms with van der Waals surface area (Å²) in [6.45, 7) is 1.33. The van der Waals surface area contributed by atoms with E-state index in [9.17, 15) is 4.39 Å². The minimum Gasteiger partial charge on any atom is -0.468 e. The molecule has 5 heteroatoms. The third kappa shape index (κ3) is 3.91. The van der Waals surface area contributed by atoms with Crippen molar-refractivity contribution in [3.8, 4) is 0 Å². The van der Waals surface area contributed by atoms with Gasteiger partial charge in [0.25, 0.3) is 0 Å². The summed E-state index contributed by atoms with van der Waals surface area (Å²) in [4.78, 5) is 2.09. The molecule has 0 amide bonds. The first-order chi connectivity index (χ1) is 9.58. The smallest absolute Gasteiger partial charge is 0.123 e. The zero-order valence-electron chi connectivity index (χ0n) is 11.6. The number of benzene rings is 1. The van der Waals surface area contributed by atoms with Crippen molar-refractivity contribution in [1.29, 1.82) is 0 Å². The lowest BCUT2D eigenvalue weighted by molar-refractivity contribution is 0.250. The Morgan fingerprint density at radius 3 is 2.80 bits per heavy atom. The van der Waals surface area contributed by atoms with Gasteiger partial charge >= 0.3 is 0 Å². The van der Waals surface area contributed by atoms with Crippen LogP contribution in [0.4, 0.5) is 4.39 Å². The highest BCUT2D eigenvalue weighted by Crippen LogP contribution is 2.20. The van der Waals surface area contributed by atoms with E-state index in [1.165, 1.54) is 12.1 Å². The number of nitrogens with zero attached hydrogens (tertiary/aromatic N) is 1. The maximum atomic E-state index is 13.2. The Bertz CT molecular complexity index is 543. The number of furan rings is 1. The zero-order valence-corrected chi connectivity index (χ0v) is 13.2. The second-order valence-corrected chi connectivity index (χ2v) is 5.72. The summed E-state index contributed by atoms with van der Waals surface area (Å²) in [6.07, 6.45) is 1.68. The molecule has 0 radical (unpaired) electrons. The standard InChI is InChI=1S/C15H18BrFN2O/c1-19(2)14(15-4-3-7-20-15)10-18-9-11-8-12(17)5-6-13(11)16/h3-8,14,18H,9-10H2,1-2H3. The third-order valence-electron chi connectivity index (χ3n) is 3.16. The highest BCUT2D eigenvalue weighted by atomic mass is 79.9. The molecule has 1 aromatic heterocycles. The molecule has 0 aliphatic rings. The van der Waals surface area contributed by atoms with E-state index < -0.39 is 0 Å². The molecule has 1 N–H and O–H groups in total. The molecule has 1 heterocycles. The Hall–Kier alpha value is -1.17. The molecule has 0 saturated carbocycles. The van der Waals surface area contributed by atoms with Crippen LogP contribution in [0.1, 0.15) is 17.4 Å². The third-order valence-corrected chi connectivity index (χ3v) is 3.93. The molecule has 1 aromatic carbocycles. The van der Waals surface area contributed by atoms with Crippen molar-refractivity contribution in [2.75, 3.05) is 20.6 Å². The van der Waals surface area contributed by atoms with Crippen molar-refractivity contribution in [2.45, 2.75) is 12.6 Å². The van der Waals surface area contributed by atoms with Crippen molar-refractivity contribution in [3.05, 3.63) is 58.2 Å². The average Bonchev–Trinajstić information content (AvgIpc) is 2.91. The van der Waals surface area contributed by atoms with Crippen LogP contribution in [-0.2, 0) is 6.54 Å². The summed E-state index contributed by atoms with van der Waals surface area (Å²) < 4.78 is 19.6. The molecular weight excluding hydrogens is 323 g/mol. The first kappa shape index (κ1) is 15.2. The second kappa shape index (κ2) is 7.02. The van der Waals surface area contributed by atoms with Crippen LogP contribution < -0.4 is 5.32 Å². The molecule has 0 aliphatic carbocycles. The van der Waals surface area contributed by atoms with E-state index >= 15 is 0 Å². The number of hydrogen-bond acceptors (Lipinski definition) is 3. The molecule has 0 aliphatic heterocycles. The molecular formula is C15H18BrFN2O. The molecule has 108 valence electrons. The van der Waals surface area contributed by atoms with E-state index in [-0.39, 0.29) is 11.9 Å². The molecule has 2 rings (SSSR count). The van der Waals surface area contributed by atoms with Gasteiger partial charge in [-0.05, 0) is 50.0 Å². The van der Waals surface area contributed by atoms with E-state index in [1.807, 2.05) is 26.2 Å². The van der Waals surface area contributed by atoms with Crippen LogP contribution in [0.15, 0.2) is 45.5 Å². The SMILES string of the molecule is CN(C)C(CNCc1cc(F)ccc1Br)c1ccco1. The second-order valence-electron chi connectivity index (χ2n) is 4.86. The van der Waals surface area contributed by atoms with Crippen LogP contribution >= 0.6 is 15.9 Å². The van der Waals surface area contributed by atoms with Gasteiger partial charge in [0.05, 0.1) is 12.3 Å². The maximum Gasteiger partial charge on any atom is 0.123 e. The minimum atomic E-state index is -0.222. The molecule has 1 unspecified atom stereocenters. The van der Waals surface area contributed by atoms with Gasteiger partial charge in [-0.3, -0.25) is 4.90 Å². The number of halogens is 2. The van der Waals surface area contributed by atoms with Crippen molar-refractivity contribution in [3.63, 3.8) is 0 Å². The van der Waals surface area contributed by atoms with E-state index in [4.69, 9.17) is 4.42 Å². The summed E-state index contributed by atoms with van der Waals surface area (Å²) in [5.74, 6) is 0.695. The fourth-order valence-corrected chi connectivity index (χ4v) is 2.43. The Morgan fingerprint density at radius 2 is 2.15 bits per heavy atom. The van der Waals surface area contributed by atoms with Crippen LogP contribution in [-0.4, -0.2) is 25.5 Å². The number of likely N-dealkylation sites (N-methyl/N-ethyl adjacent to an activating group) is 1. The summed E-state index contributed by atoms with van der Waals surface area (Å²) >= 11 is 3.43. The van der Waals surface area contributed by atoms with Crippen LogP contribution in [0.25, 0.3) is 0 Å².